The first-order valence-electron chi connectivity index (χ1n) is 14.3. The number of pyridine rings is 1. The fourth-order valence-electron chi connectivity index (χ4n) is 5.29. The molecule has 5 heterocycles. The fraction of sp³-hybridized carbons (Fsp3) is 0.567. The van der Waals surface area contributed by atoms with Crippen molar-refractivity contribution in [3.8, 4) is 17.0 Å². The van der Waals surface area contributed by atoms with Gasteiger partial charge in [0.2, 0.25) is 0 Å². The average molecular weight is 597 g/mol. The summed E-state index contributed by atoms with van der Waals surface area (Å²) in [5.41, 5.74) is 2.55. The van der Waals surface area contributed by atoms with Gasteiger partial charge >= 0.3 is 12.2 Å². The van der Waals surface area contributed by atoms with E-state index in [1.54, 1.807) is 21.1 Å². The lowest BCUT2D eigenvalue weighted by atomic mass is 9.97. The summed E-state index contributed by atoms with van der Waals surface area (Å²) in [7, 11) is 1.59. The smallest absolute Gasteiger partial charge is 0.420 e. The second-order valence-electron chi connectivity index (χ2n) is 13.0. The van der Waals surface area contributed by atoms with Gasteiger partial charge in [0.1, 0.15) is 27.9 Å². The molecule has 0 aromatic carbocycles. The number of methoxy groups -OCH3 is 1. The van der Waals surface area contributed by atoms with Crippen molar-refractivity contribution in [3.63, 3.8) is 0 Å². The molecule has 0 atom stereocenters. The first-order chi connectivity index (χ1) is 19.7. The summed E-state index contributed by atoms with van der Waals surface area (Å²) in [6.45, 7) is 16.6. The van der Waals surface area contributed by atoms with Crippen molar-refractivity contribution in [2.24, 2.45) is 0 Å². The molecule has 1 amide bonds. The van der Waals surface area contributed by atoms with Crippen LogP contribution in [0, 0.1) is 0 Å². The Balaban J connectivity index is 1.59. The summed E-state index contributed by atoms with van der Waals surface area (Å²) in [6.07, 6.45) is 4.11. The summed E-state index contributed by atoms with van der Waals surface area (Å²) >= 11 is 1.52. The van der Waals surface area contributed by atoms with E-state index in [9.17, 15) is 9.59 Å². The van der Waals surface area contributed by atoms with Crippen LogP contribution in [0.4, 0.5) is 9.59 Å². The van der Waals surface area contributed by atoms with Gasteiger partial charge in [-0.2, -0.15) is 5.10 Å². The SMILES string of the molecule is COc1cc(-c2c(C(C)C)c3nc(C4CCN(C(=O)OC(C)(C)C)CC4)sc3n2C(=O)OC(C)(C)C)cn2ncnc12. The number of thiazole rings is 1. The molecular formula is C30H40N6O5S. The van der Waals surface area contributed by atoms with Crippen LogP contribution < -0.4 is 4.74 Å². The van der Waals surface area contributed by atoms with Crippen LogP contribution in [0.25, 0.3) is 27.3 Å². The minimum atomic E-state index is -0.696. The van der Waals surface area contributed by atoms with Gasteiger partial charge in [-0.1, -0.05) is 25.2 Å². The lowest BCUT2D eigenvalue weighted by Gasteiger charge is -2.32. The molecule has 0 radical (unpaired) electrons. The van der Waals surface area contributed by atoms with E-state index in [4.69, 9.17) is 19.2 Å². The van der Waals surface area contributed by atoms with Gasteiger partial charge < -0.3 is 19.1 Å². The number of nitrogens with zero attached hydrogens (tertiary/aromatic N) is 6. The Morgan fingerprint density at radius 2 is 1.67 bits per heavy atom. The largest absolute Gasteiger partial charge is 0.493 e. The average Bonchev–Trinajstić information content (AvgIpc) is 3.59. The Bertz CT molecular complexity index is 1630. The number of amides is 1. The first-order valence-corrected chi connectivity index (χ1v) is 15.1. The number of fused-ring (bicyclic) bond motifs is 2. The number of likely N-dealkylation sites (tertiary alicyclic amines) is 1. The van der Waals surface area contributed by atoms with Crippen LogP contribution >= 0.6 is 11.3 Å². The van der Waals surface area contributed by atoms with Gasteiger partial charge in [0.25, 0.3) is 0 Å². The third kappa shape index (κ3) is 5.81. The Labute approximate surface area is 249 Å². The normalized spacial score (nSPS) is 15.1. The molecule has 11 nitrogen and oxygen atoms in total. The van der Waals surface area contributed by atoms with E-state index in [-0.39, 0.29) is 17.9 Å². The van der Waals surface area contributed by atoms with E-state index >= 15 is 0 Å². The molecule has 12 heteroatoms. The monoisotopic (exact) mass is 596 g/mol. The van der Waals surface area contributed by atoms with Crippen LogP contribution in [0.2, 0.25) is 0 Å². The number of carbonyl (C=O) groups excluding carboxylic acids is 2. The molecule has 0 N–H and O–H groups in total. The molecule has 4 aromatic rings. The van der Waals surface area contributed by atoms with E-state index in [1.165, 1.54) is 17.7 Å². The van der Waals surface area contributed by atoms with Crippen LogP contribution in [0.1, 0.15) is 90.6 Å². The molecule has 1 fully saturated rings. The molecule has 4 aromatic heterocycles. The van der Waals surface area contributed by atoms with Gasteiger partial charge in [0.15, 0.2) is 11.4 Å². The summed E-state index contributed by atoms with van der Waals surface area (Å²) in [5.74, 6) is 0.765. The van der Waals surface area contributed by atoms with E-state index in [0.29, 0.717) is 30.2 Å². The van der Waals surface area contributed by atoms with Gasteiger partial charge in [0, 0.05) is 36.3 Å². The second-order valence-corrected chi connectivity index (χ2v) is 14.0. The third-order valence-corrected chi connectivity index (χ3v) is 8.25. The number of aromatic nitrogens is 5. The van der Waals surface area contributed by atoms with E-state index in [0.717, 1.165) is 39.3 Å². The van der Waals surface area contributed by atoms with Crippen molar-refractivity contribution in [1.82, 2.24) is 29.0 Å². The molecule has 1 aliphatic heterocycles. The molecule has 1 saturated heterocycles. The highest BCUT2D eigenvalue weighted by Crippen LogP contribution is 2.44. The molecule has 0 unspecified atom stereocenters. The van der Waals surface area contributed by atoms with Crippen molar-refractivity contribution < 1.29 is 23.8 Å². The zero-order valence-electron chi connectivity index (χ0n) is 25.8. The number of ether oxygens (including phenoxy) is 3. The maximum Gasteiger partial charge on any atom is 0.420 e. The summed E-state index contributed by atoms with van der Waals surface area (Å²) < 4.78 is 20.4. The maximum atomic E-state index is 13.9. The van der Waals surface area contributed by atoms with Gasteiger partial charge in [-0.05, 0) is 66.4 Å². The summed E-state index contributed by atoms with van der Waals surface area (Å²) in [5, 5.41) is 5.28. The summed E-state index contributed by atoms with van der Waals surface area (Å²) in [4.78, 5) is 38.5. The van der Waals surface area contributed by atoms with Crippen molar-refractivity contribution >= 4 is 39.5 Å². The molecule has 1 aliphatic rings. The molecule has 0 bridgehead atoms. The van der Waals surface area contributed by atoms with Crippen LogP contribution in [-0.4, -0.2) is 72.6 Å². The third-order valence-electron chi connectivity index (χ3n) is 7.05. The Morgan fingerprint density at radius 1 is 1.02 bits per heavy atom. The highest BCUT2D eigenvalue weighted by Gasteiger charge is 2.34. The molecule has 5 rings (SSSR count). The second kappa shape index (κ2) is 10.9. The number of hydrogen-bond acceptors (Lipinski definition) is 9. The topological polar surface area (TPSA) is 113 Å². The van der Waals surface area contributed by atoms with Crippen molar-refractivity contribution in [2.45, 2.75) is 91.3 Å². The van der Waals surface area contributed by atoms with E-state index < -0.39 is 17.3 Å². The van der Waals surface area contributed by atoms with Crippen LogP contribution in [-0.2, 0) is 9.47 Å². The highest BCUT2D eigenvalue weighted by molar-refractivity contribution is 7.18. The van der Waals surface area contributed by atoms with Crippen molar-refractivity contribution in [3.05, 3.63) is 29.2 Å². The number of hydrogen-bond donors (Lipinski definition) is 0. The zero-order chi connectivity index (χ0) is 30.6. The number of piperidine rings is 1. The summed E-state index contributed by atoms with van der Waals surface area (Å²) in [6, 6.07) is 1.88. The van der Waals surface area contributed by atoms with Gasteiger partial charge in [-0.25, -0.2) is 28.6 Å². The van der Waals surface area contributed by atoms with Gasteiger partial charge in [-0.15, -0.1) is 0 Å². The zero-order valence-corrected chi connectivity index (χ0v) is 26.7. The van der Waals surface area contributed by atoms with Crippen LogP contribution in [0.5, 0.6) is 5.75 Å². The Hall–Kier alpha value is -3.67. The molecule has 42 heavy (non-hydrogen) atoms. The molecule has 226 valence electrons. The quantitative estimate of drug-likeness (QED) is 0.252. The predicted molar refractivity (Wildman–Crippen MR) is 162 cm³/mol. The minimum absolute atomic E-state index is 0.0487. The highest BCUT2D eigenvalue weighted by atomic mass is 32.1. The van der Waals surface area contributed by atoms with E-state index in [2.05, 4.69) is 23.9 Å². The fourth-order valence-corrected chi connectivity index (χ4v) is 6.53. The molecule has 0 aliphatic carbocycles. The Morgan fingerprint density at radius 3 is 2.26 bits per heavy atom. The molecular weight excluding hydrogens is 556 g/mol. The first kappa shape index (κ1) is 29.8. The van der Waals surface area contributed by atoms with Gasteiger partial charge in [-0.3, -0.25) is 0 Å². The standard InChI is InChI=1S/C30H40N6O5S/c1-17(2)21-22-26(42-25(33-22)18-10-12-34(13-11-18)27(37)40-29(3,4)5)36(28(38)41-30(6,7)8)23(21)19-14-20(39-9)24-31-16-32-35(24)15-19/h14-18H,10-13H2,1-9H3. The molecule has 0 saturated carbocycles. The van der Waals surface area contributed by atoms with E-state index in [1.807, 2.05) is 53.8 Å². The number of rotatable bonds is 4. The minimum Gasteiger partial charge on any atom is -0.493 e. The maximum absolute atomic E-state index is 13.9. The Kier molecular flexibility index (Phi) is 7.71. The predicted octanol–water partition coefficient (Wildman–Crippen LogP) is 6.84. The van der Waals surface area contributed by atoms with Crippen molar-refractivity contribution in [1.29, 1.82) is 0 Å². The van der Waals surface area contributed by atoms with Crippen molar-refractivity contribution in [2.75, 3.05) is 20.2 Å². The number of carbonyl (C=O) groups is 2. The van der Waals surface area contributed by atoms with Crippen LogP contribution in [0.3, 0.4) is 0 Å². The van der Waals surface area contributed by atoms with Gasteiger partial charge in [0.05, 0.1) is 17.8 Å². The van der Waals surface area contributed by atoms with Crippen LogP contribution in [0.15, 0.2) is 18.6 Å². The lowest BCUT2D eigenvalue weighted by molar-refractivity contribution is 0.0204. The lowest BCUT2D eigenvalue weighted by Crippen LogP contribution is -2.41. The molecule has 0 spiro atoms.